The van der Waals surface area contributed by atoms with Crippen molar-refractivity contribution in [2.75, 3.05) is 0 Å². The van der Waals surface area contributed by atoms with E-state index in [1.54, 1.807) is 0 Å². The molecular formula is C10H18N2O. The summed E-state index contributed by atoms with van der Waals surface area (Å²) in [5, 5.41) is 4.00. The average molecular weight is 182 g/mol. The van der Waals surface area contributed by atoms with Crippen molar-refractivity contribution < 1.29 is 4.52 Å². The molecule has 0 saturated carbocycles. The molecule has 3 nitrogen and oxygen atoms in total. The van der Waals surface area contributed by atoms with Crippen molar-refractivity contribution >= 4 is 0 Å². The third-order valence-electron chi connectivity index (χ3n) is 2.52. The van der Waals surface area contributed by atoms with Crippen molar-refractivity contribution in [3.63, 3.8) is 0 Å². The lowest BCUT2D eigenvalue weighted by atomic mass is 9.80. The molecule has 0 saturated heterocycles. The minimum Gasteiger partial charge on any atom is -0.360 e. The van der Waals surface area contributed by atoms with Crippen molar-refractivity contribution in [2.45, 2.75) is 40.2 Å². The normalized spacial score (nSPS) is 14.5. The Bertz CT molecular complexity index is 273. The molecule has 0 spiro atoms. The lowest BCUT2D eigenvalue weighted by Crippen LogP contribution is -2.15. The Hall–Kier alpha value is -0.830. The zero-order chi connectivity index (χ0) is 10.1. The van der Waals surface area contributed by atoms with Crippen molar-refractivity contribution in [3.05, 3.63) is 17.5 Å². The van der Waals surface area contributed by atoms with E-state index in [1.807, 2.05) is 6.07 Å². The summed E-state index contributed by atoms with van der Waals surface area (Å²) >= 11 is 0. The van der Waals surface area contributed by atoms with E-state index in [4.69, 9.17) is 10.3 Å². The molecule has 0 aliphatic heterocycles. The zero-order valence-electron chi connectivity index (χ0n) is 8.79. The number of nitrogens with zero attached hydrogens (tertiary/aromatic N) is 1. The van der Waals surface area contributed by atoms with Gasteiger partial charge < -0.3 is 10.3 Å². The molecule has 1 atom stereocenters. The minimum absolute atomic E-state index is 0.211. The molecular weight excluding hydrogens is 164 g/mol. The molecule has 0 aliphatic rings. The molecule has 13 heavy (non-hydrogen) atoms. The lowest BCUT2D eigenvalue weighted by molar-refractivity contribution is 0.312. The maximum absolute atomic E-state index is 5.44. The Morgan fingerprint density at radius 1 is 1.54 bits per heavy atom. The van der Waals surface area contributed by atoms with Crippen molar-refractivity contribution in [1.29, 1.82) is 0 Å². The van der Waals surface area contributed by atoms with Crippen LogP contribution in [-0.2, 0) is 6.54 Å². The summed E-state index contributed by atoms with van der Waals surface area (Å²) in [5.41, 5.74) is 6.64. The zero-order valence-corrected chi connectivity index (χ0v) is 8.79. The summed E-state index contributed by atoms with van der Waals surface area (Å²) in [7, 11) is 0. The van der Waals surface area contributed by atoms with Gasteiger partial charge in [0.05, 0.1) is 12.2 Å². The Kier molecular flexibility index (Phi) is 2.76. The van der Waals surface area contributed by atoms with Gasteiger partial charge in [-0.1, -0.05) is 32.9 Å². The summed E-state index contributed by atoms with van der Waals surface area (Å²) in [5.74, 6) is 1.14. The number of nitrogens with two attached hydrogens (primary N) is 1. The summed E-state index contributed by atoms with van der Waals surface area (Å²) < 4.78 is 5.06. The van der Waals surface area contributed by atoms with Crippen LogP contribution in [0.2, 0.25) is 0 Å². The van der Waals surface area contributed by atoms with E-state index >= 15 is 0 Å². The predicted octanol–water partition coefficient (Wildman–Crippen LogP) is 2.28. The van der Waals surface area contributed by atoms with Gasteiger partial charge in [0.15, 0.2) is 5.76 Å². The maximum Gasteiger partial charge on any atom is 0.150 e. The first-order valence-electron chi connectivity index (χ1n) is 4.60. The summed E-state index contributed by atoms with van der Waals surface area (Å²) in [6, 6.07) is 1.94. The first-order valence-corrected chi connectivity index (χ1v) is 4.60. The Balaban J connectivity index is 2.83. The van der Waals surface area contributed by atoms with Crippen LogP contribution in [0.25, 0.3) is 0 Å². The number of hydrogen-bond donors (Lipinski definition) is 1. The van der Waals surface area contributed by atoms with Crippen LogP contribution < -0.4 is 5.73 Å². The van der Waals surface area contributed by atoms with Crippen LogP contribution in [0.3, 0.4) is 0 Å². The highest BCUT2D eigenvalue weighted by Crippen LogP contribution is 2.33. The third kappa shape index (κ3) is 2.31. The number of rotatable bonds is 2. The van der Waals surface area contributed by atoms with E-state index in [0.717, 1.165) is 11.5 Å². The highest BCUT2D eigenvalue weighted by atomic mass is 16.5. The van der Waals surface area contributed by atoms with Gasteiger partial charge in [-0.3, -0.25) is 0 Å². The van der Waals surface area contributed by atoms with Crippen LogP contribution in [0.5, 0.6) is 0 Å². The number of hydrogen-bond acceptors (Lipinski definition) is 3. The molecule has 74 valence electrons. The van der Waals surface area contributed by atoms with Gasteiger partial charge in [-0.15, -0.1) is 0 Å². The smallest absolute Gasteiger partial charge is 0.150 e. The highest BCUT2D eigenvalue weighted by Gasteiger charge is 2.24. The van der Waals surface area contributed by atoms with Gasteiger partial charge in [0.25, 0.3) is 0 Å². The predicted molar refractivity (Wildman–Crippen MR) is 52.3 cm³/mol. The molecule has 1 unspecified atom stereocenters. The van der Waals surface area contributed by atoms with E-state index in [1.165, 1.54) is 0 Å². The second-order valence-corrected chi connectivity index (χ2v) is 4.51. The summed E-state index contributed by atoms with van der Waals surface area (Å²) in [6.07, 6.45) is 0. The Morgan fingerprint density at radius 3 is 2.54 bits per heavy atom. The van der Waals surface area contributed by atoms with E-state index in [9.17, 15) is 0 Å². The highest BCUT2D eigenvalue weighted by molar-refractivity contribution is 5.11. The first-order chi connectivity index (χ1) is 5.95. The minimum atomic E-state index is 0.211. The van der Waals surface area contributed by atoms with Gasteiger partial charge in [-0.2, -0.15) is 0 Å². The van der Waals surface area contributed by atoms with E-state index in [-0.39, 0.29) is 5.41 Å². The van der Waals surface area contributed by atoms with Gasteiger partial charge in [-0.25, -0.2) is 0 Å². The SMILES string of the molecule is CC(c1cc(CN)on1)C(C)(C)C. The molecule has 0 bridgehead atoms. The van der Waals surface area contributed by atoms with Gasteiger partial charge in [0.2, 0.25) is 0 Å². The van der Waals surface area contributed by atoms with Gasteiger partial charge >= 0.3 is 0 Å². The van der Waals surface area contributed by atoms with Crippen LogP contribution in [0.1, 0.15) is 45.1 Å². The van der Waals surface area contributed by atoms with Crippen LogP contribution in [-0.4, -0.2) is 5.16 Å². The fraction of sp³-hybridized carbons (Fsp3) is 0.700. The van der Waals surface area contributed by atoms with E-state index in [0.29, 0.717) is 12.5 Å². The second-order valence-electron chi connectivity index (χ2n) is 4.51. The Labute approximate surface area is 79.3 Å². The molecule has 0 aliphatic carbocycles. The fourth-order valence-corrected chi connectivity index (χ4v) is 1.07. The van der Waals surface area contributed by atoms with E-state index in [2.05, 4.69) is 32.9 Å². The standard InChI is InChI=1S/C10H18N2O/c1-7(10(2,3)4)9-5-8(6-11)13-12-9/h5,7H,6,11H2,1-4H3. The molecule has 2 N–H and O–H groups in total. The van der Waals surface area contributed by atoms with Crippen LogP contribution in [0, 0.1) is 5.41 Å². The quantitative estimate of drug-likeness (QED) is 0.763. The van der Waals surface area contributed by atoms with Gasteiger partial charge in [-0.05, 0) is 5.41 Å². The molecule has 1 heterocycles. The summed E-state index contributed by atoms with van der Waals surface area (Å²) in [6.45, 7) is 9.14. The van der Waals surface area contributed by atoms with Crippen LogP contribution >= 0.6 is 0 Å². The molecule has 0 aromatic carbocycles. The van der Waals surface area contributed by atoms with Crippen LogP contribution in [0.4, 0.5) is 0 Å². The molecule has 1 aromatic rings. The second kappa shape index (κ2) is 3.50. The first kappa shape index (κ1) is 10.3. The van der Waals surface area contributed by atoms with Crippen LogP contribution in [0.15, 0.2) is 10.6 Å². The molecule has 1 aromatic heterocycles. The average Bonchev–Trinajstić information content (AvgIpc) is 2.48. The molecule has 3 heteroatoms. The van der Waals surface area contributed by atoms with Crippen molar-refractivity contribution in [2.24, 2.45) is 11.1 Å². The Morgan fingerprint density at radius 2 is 2.15 bits per heavy atom. The van der Waals surface area contributed by atoms with Crippen molar-refractivity contribution in [1.82, 2.24) is 5.16 Å². The van der Waals surface area contributed by atoms with Gasteiger partial charge in [0, 0.05) is 12.0 Å². The molecule has 0 fully saturated rings. The van der Waals surface area contributed by atoms with E-state index < -0.39 is 0 Å². The monoisotopic (exact) mass is 182 g/mol. The van der Waals surface area contributed by atoms with Gasteiger partial charge in [0.1, 0.15) is 0 Å². The summed E-state index contributed by atoms with van der Waals surface area (Å²) in [4.78, 5) is 0. The lowest BCUT2D eigenvalue weighted by Gasteiger charge is -2.24. The van der Waals surface area contributed by atoms with Crippen molar-refractivity contribution in [3.8, 4) is 0 Å². The number of aromatic nitrogens is 1. The molecule has 0 amide bonds. The maximum atomic E-state index is 5.44. The largest absolute Gasteiger partial charge is 0.360 e. The molecule has 0 radical (unpaired) electrons. The topological polar surface area (TPSA) is 52.0 Å². The third-order valence-corrected chi connectivity index (χ3v) is 2.52. The fourth-order valence-electron chi connectivity index (χ4n) is 1.07. The molecule has 1 rings (SSSR count).